The topological polar surface area (TPSA) is 188 Å². The summed E-state index contributed by atoms with van der Waals surface area (Å²) < 4.78 is 49.9. The van der Waals surface area contributed by atoms with Gasteiger partial charge in [-0.15, -0.1) is 0 Å². The Bertz CT molecular complexity index is 1850. The van der Waals surface area contributed by atoms with Crippen molar-refractivity contribution in [2.24, 2.45) is 22.9 Å². The molecule has 3 aliphatic heterocycles. The van der Waals surface area contributed by atoms with Crippen molar-refractivity contribution in [1.82, 2.24) is 29.9 Å². The van der Waals surface area contributed by atoms with E-state index in [4.69, 9.17) is 28.5 Å². The number of methoxy groups -OCH3 is 1. The highest BCUT2D eigenvalue weighted by molar-refractivity contribution is 6.08. The minimum atomic E-state index is -3.17. The number of nitrogens with zero attached hydrogens (tertiary/aromatic N) is 6. The standard InChI is InChI=1S/C43H66FN7O10/c1-13-32-43(8)35(51(40(55)61-43)47-18-15-19-50-23-30(46-24-50)29-16-14-17-45-22-29)27(4)33(48-57-12)25(2)21-41(6,56-11)37(28(5)36(53)42(7,44)39(54)59-32)60-38-34(52)31(49(9)10)20-26(3)58-38/h14,16-17,22-28,31-32,34-35,37-38,47,52H,13,15,18-21H2,1-12H3/b48-33+/t25-,26-,27+,28+,31+,32-,34-,35-,37-,38+,41+,42+,43-/m1/s1. The van der Waals surface area contributed by atoms with E-state index in [0.29, 0.717) is 31.6 Å². The number of aryl methyl sites for hydroxylation is 1. The van der Waals surface area contributed by atoms with E-state index in [0.717, 1.165) is 18.2 Å². The van der Waals surface area contributed by atoms with E-state index in [-0.39, 0.29) is 25.0 Å². The molecule has 2 N–H and O–H groups in total. The van der Waals surface area contributed by atoms with Crippen LogP contribution in [0.5, 0.6) is 0 Å². The maximum absolute atomic E-state index is 17.0. The molecule has 61 heavy (non-hydrogen) atoms. The summed E-state index contributed by atoms with van der Waals surface area (Å²) in [7, 11) is 6.55. The predicted octanol–water partition coefficient (Wildman–Crippen LogP) is 4.57. The summed E-state index contributed by atoms with van der Waals surface area (Å²) in [6.07, 6.45) is 2.54. The summed E-state index contributed by atoms with van der Waals surface area (Å²) in [6.45, 7) is 14.0. The number of esters is 1. The highest BCUT2D eigenvalue weighted by atomic mass is 19.1. The molecule has 0 aliphatic carbocycles. The fraction of sp³-hybridized carbons (Fsp3) is 0.721. The lowest BCUT2D eigenvalue weighted by Crippen LogP contribution is -2.62. The number of Topliss-reactive ketones (excluding diaryl/α,β-unsaturated/α-hetero) is 1. The van der Waals surface area contributed by atoms with Crippen LogP contribution in [0.4, 0.5) is 9.18 Å². The number of carbonyl (C=O) groups is 3. The number of aliphatic hydroxyl groups excluding tert-OH is 1. The van der Waals surface area contributed by atoms with Gasteiger partial charge in [0.05, 0.1) is 35.5 Å². The normalized spacial score (nSPS) is 37.3. The Kier molecular flexibility index (Phi) is 15.4. The number of hydrazine groups is 1. The van der Waals surface area contributed by atoms with E-state index >= 15 is 4.39 Å². The van der Waals surface area contributed by atoms with Crippen LogP contribution in [0.15, 0.2) is 42.2 Å². The number of hydrogen-bond donors (Lipinski definition) is 2. The van der Waals surface area contributed by atoms with Crippen molar-refractivity contribution in [3.63, 3.8) is 0 Å². The van der Waals surface area contributed by atoms with Crippen LogP contribution in [0.2, 0.25) is 0 Å². The van der Waals surface area contributed by atoms with Crippen LogP contribution in [0.25, 0.3) is 11.3 Å². The van der Waals surface area contributed by atoms with Crippen LogP contribution < -0.4 is 5.43 Å². The summed E-state index contributed by atoms with van der Waals surface area (Å²) in [6, 6.07) is 2.54. The number of aliphatic hydroxyl groups is 1. The Hall–Kier alpha value is -4.07. The van der Waals surface area contributed by atoms with Crippen molar-refractivity contribution in [1.29, 1.82) is 0 Å². The molecule has 0 radical (unpaired) electrons. The predicted molar refractivity (Wildman–Crippen MR) is 223 cm³/mol. The Morgan fingerprint density at radius 2 is 1.84 bits per heavy atom. The van der Waals surface area contributed by atoms with Gasteiger partial charge < -0.3 is 43.1 Å². The number of rotatable bonds is 12. The van der Waals surface area contributed by atoms with Crippen LogP contribution >= 0.6 is 0 Å². The quantitative estimate of drug-likeness (QED) is 0.131. The number of fused-ring (bicyclic) bond motifs is 1. The molecular formula is C43H66FN7O10. The zero-order valence-electron chi connectivity index (χ0n) is 37.7. The lowest BCUT2D eigenvalue weighted by molar-refractivity contribution is -0.295. The first-order valence-electron chi connectivity index (χ1n) is 21.2. The molecule has 2 aromatic rings. The highest BCUT2D eigenvalue weighted by Gasteiger charge is 2.62. The van der Waals surface area contributed by atoms with Crippen molar-refractivity contribution in [3.8, 4) is 11.3 Å². The van der Waals surface area contributed by atoms with Gasteiger partial charge in [-0.3, -0.25) is 9.78 Å². The van der Waals surface area contributed by atoms with Gasteiger partial charge in [0.25, 0.3) is 5.67 Å². The van der Waals surface area contributed by atoms with Crippen LogP contribution in [0.1, 0.15) is 81.1 Å². The minimum Gasteiger partial charge on any atom is -0.455 e. The van der Waals surface area contributed by atoms with Crippen LogP contribution in [-0.4, -0.2) is 148 Å². The molecule has 1 amide bonds. The molecule has 0 unspecified atom stereocenters. The smallest absolute Gasteiger partial charge is 0.425 e. The van der Waals surface area contributed by atoms with Gasteiger partial charge in [-0.1, -0.05) is 32.9 Å². The Labute approximate surface area is 358 Å². The minimum absolute atomic E-state index is 0.105. The molecular weight excluding hydrogens is 794 g/mol. The van der Waals surface area contributed by atoms with Gasteiger partial charge in [-0.05, 0) is 79.6 Å². The molecule has 2 aromatic heterocycles. The van der Waals surface area contributed by atoms with Gasteiger partial charge in [0, 0.05) is 68.1 Å². The second kappa shape index (κ2) is 19.5. The monoisotopic (exact) mass is 859 g/mol. The van der Waals surface area contributed by atoms with E-state index < -0.39 is 83.1 Å². The number of pyridine rings is 1. The SMILES string of the molecule is CC[C@H]1OC(=O)[C@@](C)(F)C(=O)[C@H](C)[C@@H](O[C@@H]2O[C@H](C)C[C@H](N(C)C)[C@H]2O)[C@@](C)(OC)C[C@@H](C)/C(=N\OC)[C@H](C)[C@H]2N(NCCCn3cnc(-c4cccnc4)c3)C(=O)O[C@]12C. The first-order chi connectivity index (χ1) is 28.7. The van der Waals surface area contributed by atoms with Crippen molar-refractivity contribution in [2.75, 3.05) is 34.9 Å². The third-order valence-electron chi connectivity index (χ3n) is 12.8. The molecule has 5 heterocycles. The average Bonchev–Trinajstić information content (AvgIpc) is 3.80. The molecule has 340 valence electrons. The molecule has 18 heteroatoms. The second-order valence-electron chi connectivity index (χ2n) is 17.6. The fourth-order valence-electron chi connectivity index (χ4n) is 9.43. The van der Waals surface area contributed by atoms with Crippen molar-refractivity contribution in [3.05, 3.63) is 37.1 Å². The lowest BCUT2D eigenvalue weighted by Gasteiger charge is -2.47. The number of nitrogens with one attached hydrogen (secondary N) is 1. The summed E-state index contributed by atoms with van der Waals surface area (Å²) in [5.41, 5.74) is -0.686. The fourth-order valence-corrected chi connectivity index (χ4v) is 9.43. The summed E-state index contributed by atoms with van der Waals surface area (Å²) in [5.74, 6) is -5.01. The molecule has 13 atom stereocenters. The van der Waals surface area contributed by atoms with Crippen LogP contribution in [0, 0.1) is 17.8 Å². The summed E-state index contributed by atoms with van der Waals surface area (Å²) in [5, 5.41) is 17.4. The summed E-state index contributed by atoms with van der Waals surface area (Å²) in [4.78, 5) is 58.4. The van der Waals surface area contributed by atoms with E-state index in [1.165, 1.54) is 26.2 Å². The Morgan fingerprint density at radius 1 is 1.11 bits per heavy atom. The maximum atomic E-state index is 17.0. The number of amides is 1. The molecule has 3 saturated heterocycles. The molecule has 5 rings (SSSR count). The Morgan fingerprint density at radius 3 is 2.46 bits per heavy atom. The maximum Gasteiger partial charge on any atom is 0.425 e. The lowest BCUT2D eigenvalue weighted by atomic mass is 9.73. The van der Waals surface area contributed by atoms with Gasteiger partial charge in [0.1, 0.15) is 25.4 Å². The number of ketones is 1. The molecule has 0 aromatic carbocycles. The Balaban J connectivity index is 1.51. The zero-order valence-corrected chi connectivity index (χ0v) is 37.7. The molecule has 0 bridgehead atoms. The number of carbonyl (C=O) groups excluding carboxylic acids is 3. The zero-order chi connectivity index (χ0) is 45.0. The van der Waals surface area contributed by atoms with Gasteiger partial charge in [-0.25, -0.2) is 29.4 Å². The first-order valence-corrected chi connectivity index (χ1v) is 21.2. The highest BCUT2D eigenvalue weighted by Crippen LogP contribution is 2.43. The van der Waals surface area contributed by atoms with E-state index in [1.54, 1.807) is 39.5 Å². The van der Waals surface area contributed by atoms with Gasteiger partial charge in [-0.2, -0.15) is 0 Å². The number of ether oxygens (including phenoxy) is 5. The first kappa shape index (κ1) is 48.0. The van der Waals surface area contributed by atoms with Gasteiger partial charge in [0.15, 0.2) is 17.7 Å². The number of alkyl halides is 1. The number of hydrogen-bond acceptors (Lipinski definition) is 15. The van der Waals surface area contributed by atoms with Crippen molar-refractivity contribution < 1.29 is 52.4 Å². The number of likely N-dealkylation sites (N-methyl/N-ethyl adjacent to an activating group) is 1. The van der Waals surface area contributed by atoms with Crippen molar-refractivity contribution >= 4 is 23.6 Å². The van der Waals surface area contributed by atoms with Crippen LogP contribution in [0.3, 0.4) is 0 Å². The third kappa shape index (κ3) is 9.94. The molecule has 0 saturated carbocycles. The van der Waals surface area contributed by atoms with Gasteiger partial charge >= 0.3 is 12.1 Å². The average molecular weight is 860 g/mol. The molecule has 17 nitrogen and oxygen atoms in total. The number of imidazole rings is 1. The second-order valence-corrected chi connectivity index (χ2v) is 17.6. The van der Waals surface area contributed by atoms with E-state index in [9.17, 15) is 19.5 Å². The van der Waals surface area contributed by atoms with Crippen LogP contribution in [-0.2, 0) is 44.7 Å². The molecule has 0 spiro atoms. The number of cyclic esters (lactones) is 1. The molecule has 3 fully saturated rings. The van der Waals surface area contributed by atoms with E-state index in [2.05, 4.69) is 20.5 Å². The van der Waals surface area contributed by atoms with Gasteiger partial charge in [0.2, 0.25) is 0 Å². The number of aromatic nitrogens is 3. The number of halogens is 1. The summed E-state index contributed by atoms with van der Waals surface area (Å²) >= 11 is 0. The number of oxime groups is 1. The van der Waals surface area contributed by atoms with E-state index in [1.807, 2.05) is 62.7 Å². The largest absolute Gasteiger partial charge is 0.455 e. The molecule has 3 aliphatic rings. The van der Waals surface area contributed by atoms with Crippen molar-refractivity contribution in [2.45, 2.75) is 147 Å². The third-order valence-corrected chi connectivity index (χ3v) is 12.8.